The Morgan fingerprint density at radius 2 is 1.62 bits per heavy atom. The second-order valence-corrected chi connectivity index (χ2v) is 6.23. The van der Waals surface area contributed by atoms with Gasteiger partial charge in [0.15, 0.2) is 0 Å². The van der Waals surface area contributed by atoms with Gasteiger partial charge in [-0.1, -0.05) is 0 Å². The van der Waals surface area contributed by atoms with E-state index in [1.54, 1.807) is 20.8 Å². The van der Waals surface area contributed by atoms with Crippen LogP contribution >= 0.6 is 0 Å². The highest BCUT2D eigenvalue weighted by atomic mass is 19.4. The number of piperidine rings is 1. The maximum Gasteiger partial charge on any atom is 0.411 e. The van der Waals surface area contributed by atoms with E-state index in [4.69, 9.17) is 4.74 Å². The molecule has 0 spiro atoms. The summed E-state index contributed by atoms with van der Waals surface area (Å²) >= 11 is 0. The third-order valence-corrected chi connectivity index (χ3v) is 3.23. The van der Waals surface area contributed by atoms with Gasteiger partial charge in [0.1, 0.15) is 11.1 Å². The Bertz CT molecular complexity index is 408. The summed E-state index contributed by atoms with van der Waals surface area (Å²) < 4.78 is 44.8. The number of alkyl halides is 3. The second-order valence-electron chi connectivity index (χ2n) is 6.23. The third kappa shape index (κ3) is 4.50. The zero-order valence-corrected chi connectivity index (χ0v) is 12.6. The normalized spacial score (nSPS) is 19.1. The van der Waals surface area contributed by atoms with Gasteiger partial charge in [0.2, 0.25) is 5.91 Å². The minimum Gasteiger partial charge on any atom is -0.444 e. The molecule has 1 heterocycles. The number of ether oxygens (including phenoxy) is 1. The molecule has 21 heavy (non-hydrogen) atoms. The van der Waals surface area contributed by atoms with E-state index in [0.717, 1.165) is 6.92 Å². The standard InChI is InChI=1S/C13H21F3N2O3/c1-9(19)17-12(13(14,15)16)5-7-18(8-6-12)10(20)21-11(2,3)4/h5-8H2,1-4H3,(H,17,19). The summed E-state index contributed by atoms with van der Waals surface area (Å²) in [6.45, 7) is 5.88. The number of hydrogen-bond donors (Lipinski definition) is 1. The van der Waals surface area contributed by atoms with Gasteiger partial charge < -0.3 is 15.0 Å². The van der Waals surface area contributed by atoms with Crippen LogP contribution in [0.1, 0.15) is 40.5 Å². The molecule has 2 amide bonds. The van der Waals surface area contributed by atoms with Crippen LogP contribution in [0.15, 0.2) is 0 Å². The number of carbonyl (C=O) groups is 2. The topological polar surface area (TPSA) is 58.6 Å². The molecule has 8 heteroatoms. The van der Waals surface area contributed by atoms with Crippen molar-refractivity contribution >= 4 is 12.0 Å². The number of halogens is 3. The highest BCUT2D eigenvalue weighted by Crippen LogP contribution is 2.38. The van der Waals surface area contributed by atoms with E-state index in [9.17, 15) is 22.8 Å². The maximum absolute atomic E-state index is 13.2. The number of likely N-dealkylation sites (tertiary alicyclic amines) is 1. The van der Waals surface area contributed by atoms with Crippen molar-refractivity contribution in [1.29, 1.82) is 0 Å². The highest BCUT2D eigenvalue weighted by Gasteiger charge is 2.56. The number of amides is 2. The molecule has 1 saturated heterocycles. The SMILES string of the molecule is CC(=O)NC1(C(F)(F)F)CCN(C(=O)OC(C)(C)C)CC1. The van der Waals surface area contributed by atoms with Crippen molar-refractivity contribution in [3.8, 4) is 0 Å². The van der Waals surface area contributed by atoms with E-state index in [-0.39, 0.29) is 25.9 Å². The molecule has 5 nitrogen and oxygen atoms in total. The number of nitrogens with one attached hydrogen (secondary N) is 1. The first kappa shape index (κ1) is 17.6. The first-order valence-corrected chi connectivity index (χ1v) is 6.70. The molecule has 0 bridgehead atoms. The number of hydrogen-bond acceptors (Lipinski definition) is 3. The largest absolute Gasteiger partial charge is 0.444 e. The molecular weight excluding hydrogens is 289 g/mol. The van der Waals surface area contributed by atoms with Crippen molar-refractivity contribution < 1.29 is 27.5 Å². The van der Waals surface area contributed by atoms with Crippen molar-refractivity contribution in [2.45, 2.75) is 57.9 Å². The quantitative estimate of drug-likeness (QED) is 0.809. The van der Waals surface area contributed by atoms with Crippen molar-refractivity contribution in [2.75, 3.05) is 13.1 Å². The van der Waals surface area contributed by atoms with E-state index in [1.807, 2.05) is 5.32 Å². The molecule has 0 radical (unpaired) electrons. The lowest BCUT2D eigenvalue weighted by atomic mass is 9.86. The summed E-state index contributed by atoms with van der Waals surface area (Å²) in [7, 11) is 0. The summed E-state index contributed by atoms with van der Waals surface area (Å²) in [6.07, 6.45) is -5.95. The van der Waals surface area contributed by atoms with Crippen molar-refractivity contribution in [2.24, 2.45) is 0 Å². The van der Waals surface area contributed by atoms with Crippen molar-refractivity contribution in [3.63, 3.8) is 0 Å². The first-order chi connectivity index (χ1) is 9.36. The van der Waals surface area contributed by atoms with E-state index < -0.39 is 29.3 Å². The second kappa shape index (κ2) is 5.73. The molecule has 0 saturated carbocycles. The van der Waals surface area contributed by atoms with Crippen LogP contribution in [0.5, 0.6) is 0 Å². The van der Waals surface area contributed by atoms with Crippen molar-refractivity contribution in [3.05, 3.63) is 0 Å². The number of carbonyl (C=O) groups excluding carboxylic acids is 2. The average molecular weight is 310 g/mol. The molecular formula is C13H21F3N2O3. The Kier molecular flexibility index (Phi) is 4.80. The summed E-state index contributed by atoms with van der Waals surface area (Å²) in [5, 5.41) is 2.00. The summed E-state index contributed by atoms with van der Waals surface area (Å²) in [5.74, 6) is -0.738. The zero-order chi connectivity index (χ0) is 16.5. The molecule has 0 aromatic rings. The molecule has 1 fully saturated rings. The molecule has 1 aliphatic heterocycles. The predicted octanol–water partition coefficient (Wildman–Crippen LogP) is 2.45. The number of nitrogens with zero attached hydrogens (tertiary/aromatic N) is 1. The zero-order valence-electron chi connectivity index (χ0n) is 12.6. The van der Waals surface area contributed by atoms with Gasteiger partial charge in [-0.2, -0.15) is 13.2 Å². The van der Waals surface area contributed by atoms with E-state index in [0.29, 0.717) is 0 Å². The van der Waals surface area contributed by atoms with E-state index >= 15 is 0 Å². The van der Waals surface area contributed by atoms with Crippen LogP contribution in [-0.2, 0) is 9.53 Å². The van der Waals surface area contributed by atoms with Gasteiger partial charge in [-0.25, -0.2) is 4.79 Å². The van der Waals surface area contributed by atoms with Crippen LogP contribution in [0.2, 0.25) is 0 Å². The van der Waals surface area contributed by atoms with Gasteiger partial charge >= 0.3 is 12.3 Å². The Morgan fingerprint density at radius 3 is 1.95 bits per heavy atom. The Hall–Kier alpha value is -1.47. The van der Waals surface area contributed by atoms with Gasteiger partial charge in [0.05, 0.1) is 0 Å². The van der Waals surface area contributed by atoms with Crippen LogP contribution < -0.4 is 5.32 Å². The molecule has 1 rings (SSSR count). The number of rotatable bonds is 1. The molecule has 1 aliphatic rings. The fourth-order valence-corrected chi connectivity index (χ4v) is 2.21. The Morgan fingerprint density at radius 1 is 1.14 bits per heavy atom. The summed E-state index contributed by atoms with van der Waals surface area (Å²) in [4.78, 5) is 24.1. The molecule has 122 valence electrons. The van der Waals surface area contributed by atoms with Gasteiger partial charge in [-0.15, -0.1) is 0 Å². The van der Waals surface area contributed by atoms with Crippen LogP contribution in [0.3, 0.4) is 0 Å². The minimum atomic E-state index is -4.56. The van der Waals surface area contributed by atoms with Crippen molar-refractivity contribution in [1.82, 2.24) is 10.2 Å². The highest BCUT2D eigenvalue weighted by molar-refractivity contribution is 5.74. The van der Waals surface area contributed by atoms with Crippen LogP contribution in [0, 0.1) is 0 Å². The monoisotopic (exact) mass is 310 g/mol. The fraction of sp³-hybridized carbons (Fsp3) is 0.846. The summed E-state index contributed by atoms with van der Waals surface area (Å²) in [6, 6.07) is 0. The van der Waals surface area contributed by atoms with Gasteiger partial charge in [0.25, 0.3) is 0 Å². The lowest BCUT2D eigenvalue weighted by Crippen LogP contribution is -2.63. The van der Waals surface area contributed by atoms with E-state index in [2.05, 4.69) is 0 Å². The van der Waals surface area contributed by atoms with E-state index in [1.165, 1.54) is 4.90 Å². The lowest BCUT2D eigenvalue weighted by Gasteiger charge is -2.43. The minimum absolute atomic E-state index is 0.116. The van der Waals surface area contributed by atoms with Gasteiger partial charge in [-0.3, -0.25) is 4.79 Å². The van der Waals surface area contributed by atoms with Crippen LogP contribution in [-0.4, -0.2) is 47.3 Å². The average Bonchev–Trinajstić information content (AvgIpc) is 2.25. The first-order valence-electron chi connectivity index (χ1n) is 6.70. The lowest BCUT2D eigenvalue weighted by molar-refractivity contribution is -0.208. The Labute approximate surface area is 121 Å². The molecule has 0 aromatic carbocycles. The van der Waals surface area contributed by atoms with Crippen LogP contribution in [0.4, 0.5) is 18.0 Å². The van der Waals surface area contributed by atoms with Gasteiger partial charge in [0, 0.05) is 20.0 Å². The fourth-order valence-electron chi connectivity index (χ4n) is 2.21. The molecule has 0 aromatic heterocycles. The molecule has 0 aliphatic carbocycles. The molecule has 1 N–H and O–H groups in total. The molecule has 0 atom stereocenters. The smallest absolute Gasteiger partial charge is 0.411 e. The summed E-state index contributed by atoms with van der Waals surface area (Å²) in [5.41, 5.74) is -2.97. The van der Waals surface area contributed by atoms with Gasteiger partial charge in [-0.05, 0) is 33.6 Å². The Balaban J connectivity index is 2.75. The maximum atomic E-state index is 13.2. The predicted molar refractivity (Wildman–Crippen MR) is 69.6 cm³/mol. The van der Waals surface area contributed by atoms with Crippen LogP contribution in [0.25, 0.3) is 0 Å². The molecule has 0 unspecified atom stereocenters. The third-order valence-electron chi connectivity index (χ3n) is 3.23.